The number of rotatable bonds is 7. The lowest BCUT2D eigenvalue weighted by Crippen LogP contribution is -2.14. The number of hydrogen-bond acceptors (Lipinski definition) is 4. The van der Waals surface area contributed by atoms with E-state index in [1.807, 2.05) is 30.8 Å². The predicted octanol–water partition coefficient (Wildman–Crippen LogP) is 3.61. The second-order valence-electron chi connectivity index (χ2n) is 5.78. The summed E-state index contributed by atoms with van der Waals surface area (Å²) in [5.74, 6) is 1.05. The van der Waals surface area contributed by atoms with Crippen LogP contribution in [0, 0.1) is 0 Å². The van der Waals surface area contributed by atoms with E-state index in [2.05, 4.69) is 26.1 Å². The number of thioether (sulfide) groups is 1. The van der Waals surface area contributed by atoms with Gasteiger partial charge in [0.15, 0.2) is 5.16 Å². The van der Waals surface area contributed by atoms with Crippen molar-refractivity contribution in [2.45, 2.75) is 25.0 Å². The highest BCUT2D eigenvalue weighted by Crippen LogP contribution is 2.20. The van der Waals surface area contributed by atoms with Gasteiger partial charge < -0.3 is 14.5 Å². The SMILES string of the molecule is CCn1c(Cc2cccn2C)nnc1SCC(=O)Nc1cccc(Cl)c1. The quantitative estimate of drug-likeness (QED) is 0.627. The molecule has 0 aliphatic rings. The van der Waals surface area contributed by atoms with Crippen molar-refractivity contribution < 1.29 is 4.79 Å². The van der Waals surface area contributed by atoms with Crippen molar-refractivity contribution in [3.05, 3.63) is 59.1 Å². The molecule has 0 saturated carbocycles. The van der Waals surface area contributed by atoms with E-state index in [0.717, 1.165) is 17.5 Å². The molecule has 1 amide bonds. The third kappa shape index (κ3) is 4.47. The van der Waals surface area contributed by atoms with Crippen LogP contribution < -0.4 is 5.32 Å². The Morgan fingerprint density at radius 3 is 2.81 bits per heavy atom. The summed E-state index contributed by atoms with van der Waals surface area (Å²) < 4.78 is 4.12. The van der Waals surface area contributed by atoms with E-state index in [1.165, 1.54) is 17.5 Å². The van der Waals surface area contributed by atoms with Crippen molar-refractivity contribution >= 4 is 35.0 Å². The van der Waals surface area contributed by atoms with E-state index in [9.17, 15) is 4.79 Å². The lowest BCUT2D eigenvalue weighted by molar-refractivity contribution is -0.113. The van der Waals surface area contributed by atoms with Crippen LogP contribution in [-0.2, 0) is 24.8 Å². The number of nitrogens with one attached hydrogen (secondary N) is 1. The molecule has 6 nitrogen and oxygen atoms in total. The highest BCUT2D eigenvalue weighted by atomic mass is 35.5. The van der Waals surface area contributed by atoms with Crippen molar-refractivity contribution in [2.24, 2.45) is 7.05 Å². The van der Waals surface area contributed by atoms with E-state index in [-0.39, 0.29) is 11.7 Å². The molecule has 0 saturated heterocycles. The van der Waals surface area contributed by atoms with Crippen LogP contribution in [0.15, 0.2) is 47.8 Å². The largest absolute Gasteiger partial charge is 0.354 e. The maximum Gasteiger partial charge on any atom is 0.234 e. The van der Waals surface area contributed by atoms with Crippen molar-refractivity contribution in [1.82, 2.24) is 19.3 Å². The molecule has 0 aliphatic heterocycles. The fourth-order valence-corrected chi connectivity index (χ4v) is 3.62. The van der Waals surface area contributed by atoms with E-state index >= 15 is 0 Å². The van der Waals surface area contributed by atoms with E-state index in [0.29, 0.717) is 17.1 Å². The third-order valence-corrected chi connectivity index (χ3v) is 5.14. The zero-order chi connectivity index (χ0) is 18.5. The van der Waals surface area contributed by atoms with Crippen LogP contribution in [0.2, 0.25) is 5.02 Å². The maximum atomic E-state index is 12.2. The first-order chi connectivity index (χ1) is 12.6. The zero-order valence-electron chi connectivity index (χ0n) is 14.6. The highest BCUT2D eigenvalue weighted by Gasteiger charge is 2.14. The van der Waals surface area contributed by atoms with Gasteiger partial charge in [0.2, 0.25) is 5.91 Å². The second-order valence-corrected chi connectivity index (χ2v) is 7.16. The molecule has 0 unspecified atom stereocenters. The first-order valence-electron chi connectivity index (χ1n) is 8.27. The first kappa shape index (κ1) is 18.5. The van der Waals surface area contributed by atoms with Crippen LogP contribution in [0.5, 0.6) is 0 Å². The molecule has 0 aliphatic carbocycles. The molecular weight excluding hydrogens is 370 g/mol. The van der Waals surface area contributed by atoms with Gasteiger partial charge >= 0.3 is 0 Å². The van der Waals surface area contributed by atoms with Gasteiger partial charge in [0, 0.05) is 42.6 Å². The molecule has 26 heavy (non-hydrogen) atoms. The normalized spacial score (nSPS) is 10.9. The molecule has 1 N–H and O–H groups in total. The fraction of sp³-hybridized carbons (Fsp3) is 0.278. The molecule has 0 radical (unpaired) electrons. The number of halogens is 1. The fourth-order valence-electron chi connectivity index (χ4n) is 2.61. The molecule has 0 atom stereocenters. The number of aryl methyl sites for hydroxylation is 1. The van der Waals surface area contributed by atoms with Gasteiger partial charge in [-0.15, -0.1) is 10.2 Å². The van der Waals surface area contributed by atoms with Gasteiger partial charge in [-0.1, -0.05) is 29.4 Å². The first-order valence-corrected chi connectivity index (χ1v) is 9.63. The number of carbonyl (C=O) groups is 1. The average Bonchev–Trinajstić information content (AvgIpc) is 3.19. The number of amides is 1. The number of carbonyl (C=O) groups excluding carboxylic acids is 1. The minimum atomic E-state index is -0.105. The van der Waals surface area contributed by atoms with Crippen LogP contribution >= 0.6 is 23.4 Å². The molecule has 2 heterocycles. The number of hydrogen-bond donors (Lipinski definition) is 1. The smallest absolute Gasteiger partial charge is 0.234 e. The average molecular weight is 390 g/mol. The maximum absolute atomic E-state index is 12.2. The highest BCUT2D eigenvalue weighted by molar-refractivity contribution is 7.99. The summed E-state index contributed by atoms with van der Waals surface area (Å²) in [6.07, 6.45) is 2.72. The Balaban J connectivity index is 1.63. The number of benzene rings is 1. The molecule has 0 bridgehead atoms. The Bertz CT molecular complexity index is 905. The molecule has 0 spiro atoms. The number of aromatic nitrogens is 4. The third-order valence-electron chi connectivity index (χ3n) is 3.94. The molecule has 2 aromatic heterocycles. The summed E-state index contributed by atoms with van der Waals surface area (Å²) in [5.41, 5.74) is 1.85. The van der Waals surface area contributed by atoms with Gasteiger partial charge in [0.1, 0.15) is 5.82 Å². The van der Waals surface area contributed by atoms with Gasteiger partial charge in [-0.3, -0.25) is 4.79 Å². The van der Waals surface area contributed by atoms with Crippen LogP contribution in [-0.4, -0.2) is 31.0 Å². The summed E-state index contributed by atoms with van der Waals surface area (Å²) in [6, 6.07) is 11.2. The van der Waals surface area contributed by atoms with E-state index in [1.54, 1.807) is 24.3 Å². The molecule has 136 valence electrons. The molecule has 1 aromatic carbocycles. The minimum absolute atomic E-state index is 0.105. The van der Waals surface area contributed by atoms with Crippen molar-refractivity contribution in [2.75, 3.05) is 11.1 Å². The Labute approximate surface area is 161 Å². The number of nitrogens with zero attached hydrogens (tertiary/aromatic N) is 4. The number of anilines is 1. The van der Waals surface area contributed by atoms with Gasteiger partial charge in [0.25, 0.3) is 0 Å². The van der Waals surface area contributed by atoms with Crippen molar-refractivity contribution in [3.8, 4) is 0 Å². The van der Waals surface area contributed by atoms with Crippen LogP contribution in [0.1, 0.15) is 18.4 Å². The lowest BCUT2D eigenvalue weighted by atomic mass is 10.3. The second kappa shape index (κ2) is 8.42. The summed E-state index contributed by atoms with van der Waals surface area (Å²) in [6.45, 7) is 2.80. The Hall–Kier alpha value is -2.25. The summed E-state index contributed by atoms with van der Waals surface area (Å²) in [7, 11) is 2.01. The van der Waals surface area contributed by atoms with E-state index < -0.39 is 0 Å². The van der Waals surface area contributed by atoms with Gasteiger partial charge in [-0.2, -0.15) is 0 Å². The molecule has 0 fully saturated rings. The molecule has 3 rings (SSSR count). The Morgan fingerprint density at radius 1 is 1.27 bits per heavy atom. The van der Waals surface area contributed by atoms with Gasteiger partial charge in [0.05, 0.1) is 5.75 Å². The van der Waals surface area contributed by atoms with Crippen molar-refractivity contribution in [3.63, 3.8) is 0 Å². The summed E-state index contributed by atoms with van der Waals surface area (Å²) in [4.78, 5) is 12.2. The van der Waals surface area contributed by atoms with E-state index in [4.69, 9.17) is 11.6 Å². The molecule has 3 aromatic rings. The molecular formula is C18H20ClN5OS. The monoisotopic (exact) mass is 389 g/mol. The standard InChI is InChI=1S/C18H20ClN5OS/c1-3-24-16(11-15-8-5-9-23(15)2)21-22-18(24)26-12-17(25)20-14-7-4-6-13(19)10-14/h4-10H,3,11-12H2,1-2H3,(H,20,25). The Morgan fingerprint density at radius 2 is 2.12 bits per heavy atom. The molecule has 8 heteroatoms. The topological polar surface area (TPSA) is 64.7 Å². The zero-order valence-corrected chi connectivity index (χ0v) is 16.2. The van der Waals surface area contributed by atoms with Gasteiger partial charge in [-0.25, -0.2) is 0 Å². The lowest BCUT2D eigenvalue weighted by Gasteiger charge is -2.08. The van der Waals surface area contributed by atoms with Crippen LogP contribution in [0.4, 0.5) is 5.69 Å². The Kier molecular flexibility index (Phi) is 6.00. The summed E-state index contributed by atoms with van der Waals surface area (Å²) in [5, 5.41) is 12.7. The van der Waals surface area contributed by atoms with Gasteiger partial charge in [-0.05, 0) is 37.3 Å². The van der Waals surface area contributed by atoms with Crippen LogP contribution in [0.3, 0.4) is 0 Å². The summed E-state index contributed by atoms with van der Waals surface area (Å²) >= 11 is 7.31. The predicted molar refractivity (Wildman–Crippen MR) is 105 cm³/mol. The van der Waals surface area contributed by atoms with Crippen molar-refractivity contribution in [1.29, 1.82) is 0 Å². The van der Waals surface area contributed by atoms with Crippen LogP contribution in [0.25, 0.3) is 0 Å². The minimum Gasteiger partial charge on any atom is -0.354 e.